The fourth-order valence-electron chi connectivity index (χ4n) is 1.46. The maximum Gasteiger partial charge on any atom is 0.269 e. The van der Waals surface area contributed by atoms with E-state index in [9.17, 15) is 10.1 Å². The predicted molar refractivity (Wildman–Crippen MR) is 74.9 cm³/mol. The van der Waals surface area contributed by atoms with Crippen molar-refractivity contribution in [1.29, 1.82) is 0 Å². The highest BCUT2D eigenvalue weighted by Crippen LogP contribution is 2.14. The Bertz CT molecular complexity index is 567. The van der Waals surface area contributed by atoms with Crippen molar-refractivity contribution in [2.24, 2.45) is 0 Å². The van der Waals surface area contributed by atoms with Gasteiger partial charge in [0.25, 0.3) is 5.69 Å². The second kappa shape index (κ2) is 5.37. The number of nitro groups is 1. The largest absolute Gasteiger partial charge is 0.346 e. The van der Waals surface area contributed by atoms with Gasteiger partial charge in [0.2, 0.25) is 0 Å². The minimum absolute atomic E-state index is 0.0567. The van der Waals surface area contributed by atoms with Crippen LogP contribution < -0.4 is 5.32 Å². The molecule has 90 valence electrons. The summed E-state index contributed by atoms with van der Waals surface area (Å²) in [4.78, 5) is 10.6. The SMILES string of the molecule is O=[N+]([O-])c1ccc(C(=S)Nc2ccccc2)cc1. The van der Waals surface area contributed by atoms with Crippen LogP contribution in [-0.4, -0.2) is 9.91 Å². The van der Waals surface area contributed by atoms with E-state index in [1.807, 2.05) is 30.3 Å². The number of benzene rings is 2. The predicted octanol–water partition coefficient (Wildman–Crippen LogP) is 3.38. The molecule has 0 radical (unpaired) electrons. The van der Waals surface area contributed by atoms with E-state index in [1.54, 1.807) is 12.1 Å². The molecule has 2 rings (SSSR count). The number of hydrogen-bond donors (Lipinski definition) is 1. The summed E-state index contributed by atoms with van der Waals surface area (Å²) in [6.45, 7) is 0. The van der Waals surface area contributed by atoms with Crippen molar-refractivity contribution in [3.63, 3.8) is 0 Å². The van der Waals surface area contributed by atoms with Gasteiger partial charge in [-0.15, -0.1) is 0 Å². The lowest BCUT2D eigenvalue weighted by Gasteiger charge is -2.07. The maximum absolute atomic E-state index is 10.5. The van der Waals surface area contributed by atoms with Crippen LogP contribution in [-0.2, 0) is 0 Å². The second-order valence-corrected chi connectivity index (χ2v) is 4.03. The molecule has 0 aliphatic heterocycles. The third-order valence-electron chi connectivity index (χ3n) is 2.37. The number of para-hydroxylation sites is 1. The van der Waals surface area contributed by atoms with Crippen molar-refractivity contribution in [2.45, 2.75) is 0 Å². The highest BCUT2D eigenvalue weighted by atomic mass is 32.1. The highest BCUT2D eigenvalue weighted by Gasteiger charge is 2.06. The van der Waals surface area contributed by atoms with Gasteiger partial charge >= 0.3 is 0 Å². The Morgan fingerprint density at radius 1 is 1.06 bits per heavy atom. The van der Waals surface area contributed by atoms with Gasteiger partial charge in [0.05, 0.1) is 4.92 Å². The summed E-state index contributed by atoms with van der Waals surface area (Å²) in [5.74, 6) is 0. The Balaban J connectivity index is 2.12. The maximum atomic E-state index is 10.5. The first-order chi connectivity index (χ1) is 8.66. The first-order valence-electron chi connectivity index (χ1n) is 5.27. The van der Waals surface area contributed by atoms with Crippen LogP contribution in [0.3, 0.4) is 0 Å². The number of non-ortho nitro benzene ring substituents is 1. The number of thiocarbonyl (C=S) groups is 1. The fraction of sp³-hybridized carbons (Fsp3) is 0. The number of nitro benzene ring substituents is 1. The first-order valence-corrected chi connectivity index (χ1v) is 5.68. The Labute approximate surface area is 109 Å². The smallest absolute Gasteiger partial charge is 0.269 e. The Kier molecular flexibility index (Phi) is 3.64. The number of anilines is 1. The summed E-state index contributed by atoms with van der Waals surface area (Å²) in [5.41, 5.74) is 1.70. The molecule has 0 amide bonds. The van der Waals surface area contributed by atoms with Gasteiger partial charge in [-0.1, -0.05) is 30.4 Å². The Hall–Kier alpha value is -2.27. The molecule has 0 aliphatic carbocycles. The van der Waals surface area contributed by atoms with E-state index >= 15 is 0 Å². The van der Waals surface area contributed by atoms with Crippen molar-refractivity contribution >= 4 is 28.6 Å². The van der Waals surface area contributed by atoms with E-state index in [4.69, 9.17) is 12.2 Å². The fourth-order valence-corrected chi connectivity index (χ4v) is 1.71. The molecule has 0 bridgehead atoms. The minimum Gasteiger partial charge on any atom is -0.346 e. The molecule has 4 nitrogen and oxygen atoms in total. The molecule has 0 aliphatic rings. The zero-order valence-corrected chi connectivity index (χ0v) is 10.2. The molecule has 2 aromatic carbocycles. The monoisotopic (exact) mass is 258 g/mol. The Morgan fingerprint density at radius 3 is 2.22 bits per heavy atom. The van der Waals surface area contributed by atoms with Crippen LogP contribution in [0.1, 0.15) is 5.56 Å². The summed E-state index contributed by atoms with van der Waals surface area (Å²) in [5, 5.41) is 13.6. The van der Waals surface area contributed by atoms with Gasteiger partial charge in [0, 0.05) is 23.4 Å². The molecular formula is C13H10N2O2S. The molecule has 0 saturated heterocycles. The lowest BCUT2D eigenvalue weighted by molar-refractivity contribution is -0.384. The topological polar surface area (TPSA) is 55.2 Å². The molecule has 0 spiro atoms. The lowest BCUT2D eigenvalue weighted by Crippen LogP contribution is -2.10. The average molecular weight is 258 g/mol. The first kappa shape index (κ1) is 12.2. The van der Waals surface area contributed by atoms with Crippen LogP contribution >= 0.6 is 12.2 Å². The molecule has 0 heterocycles. The van der Waals surface area contributed by atoms with Crippen LogP contribution in [0.5, 0.6) is 0 Å². The molecule has 0 fully saturated rings. The van der Waals surface area contributed by atoms with Crippen molar-refractivity contribution in [3.8, 4) is 0 Å². The van der Waals surface area contributed by atoms with E-state index in [0.717, 1.165) is 11.3 Å². The summed E-state index contributed by atoms with van der Waals surface area (Å²) in [7, 11) is 0. The molecule has 0 saturated carbocycles. The standard InChI is InChI=1S/C13H10N2O2S/c16-15(17)12-8-6-10(7-9-12)13(18)14-11-4-2-1-3-5-11/h1-9H,(H,14,18). The van der Waals surface area contributed by atoms with Crippen LogP contribution in [0.4, 0.5) is 11.4 Å². The highest BCUT2D eigenvalue weighted by molar-refractivity contribution is 7.81. The van der Waals surface area contributed by atoms with E-state index in [-0.39, 0.29) is 5.69 Å². The van der Waals surface area contributed by atoms with Gasteiger partial charge in [0.1, 0.15) is 4.99 Å². The van der Waals surface area contributed by atoms with E-state index in [1.165, 1.54) is 12.1 Å². The zero-order valence-electron chi connectivity index (χ0n) is 9.37. The van der Waals surface area contributed by atoms with E-state index in [2.05, 4.69) is 5.32 Å². The molecule has 18 heavy (non-hydrogen) atoms. The summed E-state index contributed by atoms with van der Waals surface area (Å²) >= 11 is 5.23. The van der Waals surface area contributed by atoms with Crippen LogP contribution in [0.2, 0.25) is 0 Å². The third-order valence-corrected chi connectivity index (χ3v) is 2.71. The third kappa shape index (κ3) is 2.89. The molecule has 0 unspecified atom stereocenters. The second-order valence-electron chi connectivity index (χ2n) is 3.62. The van der Waals surface area contributed by atoms with Gasteiger partial charge in [-0.2, -0.15) is 0 Å². The van der Waals surface area contributed by atoms with Crippen molar-refractivity contribution < 1.29 is 4.92 Å². The number of nitrogens with zero attached hydrogens (tertiary/aromatic N) is 1. The van der Waals surface area contributed by atoms with Crippen LogP contribution in [0, 0.1) is 10.1 Å². The molecule has 0 aromatic heterocycles. The minimum atomic E-state index is -0.433. The molecule has 1 N–H and O–H groups in total. The summed E-state index contributed by atoms with van der Waals surface area (Å²) < 4.78 is 0. The van der Waals surface area contributed by atoms with Gasteiger partial charge in [-0.25, -0.2) is 0 Å². The van der Waals surface area contributed by atoms with Gasteiger partial charge in [-0.3, -0.25) is 10.1 Å². The van der Waals surface area contributed by atoms with Crippen molar-refractivity contribution in [1.82, 2.24) is 0 Å². The normalized spacial score (nSPS) is 9.78. The summed E-state index contributed by atoms with van der Waals surface area (Å²) in [6, 6.07) is 15.7. The van der Waals surface area contributed by atoms with Crippen molar-refractivity contribution in [3.05, 3.63) is 70.3 Å². The van der Waals surface area contributed by atoms with Crippen molar-refractivity contribution in [2.75, 3.05) is 5.32 Å². The van der Waals surface area contributed by atoms with Gasteiger partial charge in [0.15, 0.2) is 0 Å². The average Bonchev–Trinajstić information content (AvgIpc) is 2.40. The van der Waals surface area contributed by atoms with Crippen LogP contribution in [0.25, 0.3) is 0 Å². The van der Waals surface area contributed by atoms with Gasteiger partial charge < -0.3 is 5.32 Å². The lowest BCUT2D eigenvalue weighted by atomic mass is 10.2. The van der Waals surface area contributed by atoms with E-state index < -0.39 is 4.92 Å². The quantitative estimate of drug-likeness (QED) is 0.521. The number of hydrogen-bond acceptors (Lipinski definition) is 3. The molecule has 0 atom stereocenters. The van der Waals surface area contributed by atoms with E-state index in [0.29, 0.717) is 4.99 Å². The molecule has 5 heteroatoms. The molecule has 2 aromatic rings. The number of rotatable bonds is 3. The molecular weight excluding hydrogens is 248 g/mol. The number of nitrogens with one attached hydrogen (secondary N) is 1. The van der Waals surface area contributed by atoms with Crippen LogP contribution in [0.15, 0.2) is 54.6 Å². The van der Waals surface area contributed by atoms with Gasteiger partial charge in [-0.05, 0) is 24.3 Å². The Morgan fingerprint density at radius 2 is 1.67 bits per heavy atom. The zero-order chi connectivity index (χ0) is 13.0. The summed E-state index contributed by atoms with van der Waals surface area (Å²) in [6.07, 6.45) is 0.